The third-order valence-electron chi connectivity index (χ3n) is 3.30. The summed E-state index contributed by atoms with van der Waals surface area (Å²) in [4.78, 5) is 11.1. The highest BCUT2D eigenvalue weighted by atomic mass is 16.5. The lowest BCUT2D eigenvalue weighted by molar-refractivity contribution is -0.139. The Kier molecular flexibility index (Phi) is 3.10. The zero-order valence-electron chi connectivity index (χ0n) is 9.20. The minimum atomic E-state index is -0.279. The van der Waals surface area contributed by atoms with Gasteiger partial charge in [-0.25, -0.2) is 4.79 Å². The molecule has 15 heavy (non-hydrogen) atoms. The third-order valence-corrected chi connectivity index (χ3v) is 3.30. The Morgan fingerprint density at radius 1 is 1.53 bits per heavy atom. The number of hydrogen-bond acceptors (Lipinski definition) is 3. The topological polar surface area (TPSA) is 35.5 Å². The van der Waals surface area contributed by atoms with Crippen LogP contribution in [0.3, 0.4) is 0 Å². The van der Waals surface area contributed by atoms with Gasteiger partial charge in [0.15, 0.2) is 0 Å². The Labute approximate surface area is 90.4 Å². The molecule has 2 aliphatic rings. The molecule has 3 heteroatoms. The van der Waals surface area contributed by atoms with E-state index in [0.717, 1.165) is 12.8 Å². The van der Waals surface area contributed by atoms with Gasteiger partial charge in [-0.15, -0.1) is 0 Å². The van der Waals surface area contributed by atoms with Crippen LogP contribution in [0.4, 0.5) is 0 Å². The van der Waals surface area contributed by atoms with Crippen molar-refractivity contribution in [2.24, 2.45) is 5.92 Å². The van der Waals surface area contributed by atoms with E-state index < -0.39 is 0 Å². The van der Waals surface area contributed by atoms with Crippen LogP contribution < -0.4 is 0 Å². The summed E-state index contributed by atoms with van der Waals surface area (Å²) in [5, 5.41) is 0. The number of ether oxygens (including phenoxy) is 2. The molecule has 0 N–H and O–H groups in total. The molecule has 84 valence electrons. The molecule has 3 unspecified atom stereocenters. The van der Waals surface area contributed by atoms with Gasteiger partial charge in [0, 0.05) is 5.57 Å². The molecule has 0 spiro atoms. The molecule has 3 nitrogen and oxygen atoms in total. The van der Waals surface area contributed by atoms with Gasteiger partial charge in [0.05, 0.1) is 18.8 Å². The largest absolute Gasteiger partial charge is 0.462 e. The fraction of sp³-hybridized carbons (Fsp3) is 0.750. The molecular formula is C12H18O3. The maximum atomic E-state index is 11.1. The van der Waals surface area contributed by atoms with Crippen molar-refractivity contribution in [2.45, 2.75) is 44.8 Å². The van der Waals surface area contributed by atoms with Gasteiger partial charge in [0.2, 0.25) is 0 Å². The van der Waals surface area contributed by atoms with Crippen molar-refractivity contribution in [3.05, 3.63) is 12.2 Å². The lowest BCUT2D eigenvalue weighted by atomic mass is 9.87. The summed E-state index contributed by atoms with van der Waals surface area (Å²) in [6.07, 6.45) is 5.39. The molecule has 2 heterocycles. The molecule has 0 amide bonds. The van der Waals surface area contributed by atoms with Crippen LogP contribution in [0.1, 0.15) is 32.6 Å². The molecule has 0 saturated carbocycles. The highest BCUT2D eigenvalue weighted by Crippen LogP contribution is 2.40. The first-order valence-electron chi connectivity index (χ1n) is 5.65. The van der Waals surface area contributed by atoms with Crippen molar-refractivity contribution >= 4 is 5.97 Å². The lowest BCUT2D eigenvalue weighted by Crippen LogP contribution is -2.19. The molecule has 2 aliphatic heterocycles. The first-order chi connectivity index (χ1) is 7.16. The van der Waals surface area contributed by atoms with Crippen molar-refractivity contribution < 1.29 is 14.3 Å². The number of fused-ring (bicyclic) bond motifs is 2. The SMILES string of the molecule is C=C(C)C(=O)OCCC1CC2CCC1O2. The van der Waals surface area contributed by atoms with Gasteiger partial charge in [0.1, 0.15) is 0 Å². The summed E-state index contributed by atoms with van der Waals surface area (Å²) in [5.41, 5.74) is 0.471. The van der Waals surface area contributed by atoms with Crippen LogP contribution in [0, 0.1) is 5.92 Å². The summed E-state index contributed by atoms with van der Waals surface area (Å²) in [5.74, 6) is 0.320. The molecule has 0 radical (unpaired) electrons. The van der Waals surface area contributed by atoms with Crippen molar-refractivity contribution in [1.29, 1.82) is 0 Å². The fourth-order valence-corrected chi connectivity index (χ4v) is 2.47. The highest BCUT2D eigenvalue weighted by Gasteiger charge is 2.40. The minimum Gasteiger partial charge on any atom is -0.462 e. The molecule has 0 aliphatic carbocycles. The van der Waals surface area contributed by atoms with Crippen molar-refractivity contribution in [1.82, 2.24) is 0 Å². The molecule has 2 bridgehead atoms. The van der Waals surface area contributed by atoms with Crippen LogP contribution >= 0.6 is 0 Å². The van der Waals surface area contributed by atoms with Crippen LogP contribution in [0.2, 0.25) is 0 Å². The molecule has 0 aromatic rings. The quantitative estimate of drug-likeness (QED) is 0.526. The minimum absolute atomic E-state index is 0.279. The van der Waals surface area contributed by atoms with Crippen LogP contribution in [0.25, 0.3) is 0 Å². The molecule has 2 fully saturated rings. The molecule has 2 rings (SSSR count). The maximum absolute atomic E-state index is 11.1. The number of rotatable bonds is 4. The van der Waals surface area contributed by atoms with Crippen molar-refractivity contribution in [2.75, 3.05) is 6.61 Å². The standard InChI is InChI=1S/C12H18O3/c1-8(2)12(13)14-6-5-9-7-10-3-4-11(9)15-10/h9-11H,1,3-7H2,2H3. The second kappa shape index (κ2) is 4.35. The zero-order chi connectivity index (χ0) is 10.8. The van der Waals surface area contributed by atoms with Crippen LogP contribution in [0.15, 0.2) is 12.2 Å². The van der Waals surface area contributed by atoms with E-state index in [1.807, 2.05) is 0 Å². The van der Waals surface area contributed by atoms with Crippen molar-refractivity contribution in [3.63, 3.8) is 0 Å². The zero-order valence-corrected chi connectivity index (χ0v) is 9.20. The first-order valence-corrected chi connectivity index (χ1v) is 5.65. The summed E-state index contributed by atoms with van der Waals surface area (Å²) in [7, 11) is 0. The van der Waals surface area contributed by atoms with Gasteiger partial charge in [-0.2, -0.15) is 0 Å². The summed E-state index contributed by atoms with van der Waals surface area (Å²) < 4.78 is 10.8. The average molecular weight is 210 g/mol. The number of esters is 1. The Morgan fingerprint density at radius 3 is 2.87 bits per heavy atom. The smallest absolute Gasteiger partial charge is 0.333 e. The maximum Gasteiger partial charge on any atom is 0.333 e. The van der Waals surface area contributed by atoms with Gasteiger partial charge in [0.25, 0.3) is 0 Å². The van der Waals surface area contributed by atoms with Gasteiger partial charge in [-0.05, 0) is 38.5 Å². The summed E-state index contributed by atoms with van der Waals surface area (Å²) in [6.45, 7) is 5.72. The van der Waals surface area contributed by atoms with E-state index in [9.17, 15) is 4.79 Å². The Balaban J connectivity index is 1.67. The lowest BCUT2D eigenvalue weighted by Gasteiger charge is -2.17. The van der Waals surface area contributed by atoms with Crippen molar-refractivity contribution in [3.8, 4) is 0 Å². The van der Waals surface area contributed by atoms with Crippen LogP contribution in [0.5, 0.6) is 0 Å². The van der Waals surface area contributed by atoms with E-state index in [0.29, 0.717) is 30.3 Å². The van der Waals surface area contributed by atoms with Gasteiger partial charge in [-0.3, -0.25) is 0 Å². The molecule has 3 atom stereocenters. The second-order valence-corrected chi connectivity index (χ2v) is 4.57. The summed E-state index contributed by atoms with van der Waals surface area (Å²) >= 11 is 0. The average Bonchev–Trinajstić information content (AvgIpc) is 2.78. The number of carbonyl (C=O) groups is 1. The van der Waals surface area contributed by atoms with E-state index in [-0.39, 0.29) is 5.97 Å². The Hall–Kier alpha value is -0.830. The Morgan fingerprint density at radius 2 is 2.33 bits per heavy atom. The van der Waals surface area contributed by atoms with Gasteiger partial charge >= 0.3 is 5.97 Å². The predicted molar refractivity (Wildman–Crippen MR) is 56.4 cm³/mol. The monoisotopic (exact) mass is 210 g/mol. The Bertz CT molecular complexity index is 272. The van der Waals surface area contributed by atoms with E-state index in [2.05, 4.69) is 6.58 Å². The third kappa shape index (κ3) is 2.40. The van der Waals surface area contributed by atoms with Gasteiger partial charge < -0.3 is 9.47 Å². The first kappa shape index (κ1) is 10.7. The van der Waals surface area contributed by atoms with E-state index in [4.69, 9.17) is 9.47 Å². The molecule has 0 aromatic heterocycles. The fourth-order valence-electron chi connectivity index (χ4n) is 2.47. The molecule has 0 aromatic carbocycles. The molecular weight excluding hydrogens is 192 g/mol. The van der Waals surface area contributed by atoms with Crippen LogP contribution in [-0.4, -0.2) is 24.8 Å². The number of hydrogen-bond donors (Lipinski definition) is 0. The normalized spacial score (nSPS) is 33.0. The number of carbonyl (C=O) groups excluding carboxylic acids is 1. The van der Waals surface area contributed by atoms with E-state index >= 15 is 0 Å². The highest BCUT2D eigenvalue weighted by molar-refractivity contribution is 5.86. The summed E-state index contributed by atoms with van der Waals surface area (Å²) in [6, 6.07) is 0. The predicted octanol–water partition coefficient (Wildman–Crippen LogP) is 2.06. The van der Waals surface area contributed by atoms with E-state index in [1.165, 1.54) is 12.8 Å². The van der Waals surface area contributed by atoms with Gasteiger partial charge in [-0.1, -0.05) is 6.58 Å². The second-order valence-electron chi connectivity index (χ2n) is 4.57. The van der Waals surface area contributed by atoms with E-state index in [1.54, 1.807) is 6.92 Å². The van der Waals surface area contributed by atoms with Crippen LogP contribution in [-0.2, 0) is 14.3 Å². The molecule has 2 saturated heterocycles.